The molecule has 0 radical (unpaired) electrons. The molecule has 0 aliphatic carbocycles. The Morgan fingerprint density at radius 1 is 1.32 bits per heavy atom. The number of hydrogen-bond acceptors (Lipinski definition) is 3. The number of phenols is 1. The molecule has 1 rings (SSSR count). The van der Waals surface area contributed by atoms with Gasteiger partial charge in [-0.1, -0.05) is 38.5 Å². The number of nitrogens with one attached hydrogen (secondary N) is 1. The van der Waals surface area contributed by atoms with Crippen LogP contribution >= 0.6 is 0 Å². The average molecular weight is 265 g/mol. The largest absolute Gasteiger partial charge is 0.508 e. The predicted molar refractivity (Wildman–Crippen MR) is 70.8 cm³/mol. The van der Waals surface area contributed by atoms with Crippen LogP contribution in [0.4, 0.5) is 0 Å². The molecule has 0 heterocycles. The highest BCUT2D eigenvalue weighted by Crippen LogP contribution is 2.16. The van der Waals surface area contributed by atoms with E-state index < -0.39 is 17.9 Å². The molecule has 5 heteroatoms. The normalized spacial score (nSPS) is 13.6. The minimum Gasteiger partial charge on any atom is -0.508 e. The highest BCUT2D eigenvalue weighted by molar-refractivity contribution is 5.85. The lowest BCUT2D eigenvalue weighted by Crippen LogP contribution is -2.45. The van der Waals surface area contributed by atoms with E-state index in [-0.39, 0.29) is 18.1 Å². The van der Waals surface area contributed by atoms with Crippen LogP contribution in [0.25, 0.3) is 0 Å². The average Bonchev–Trinajstić information content (AvgIpc) is 2.37. The molecule has 2 unspecified atom stereocenters. The van der Waals surface area contributed by atoms with Crippen molar-refractivity contribution in [2.75, 3.05) is 0 Å². The Bertz CT molecular complexity index is 459. The second-order valence-electron chi connectivity index (χ2n) is 4.57. The van der Waals surface area contributed by atoms with Gasteiger partial charge in [-0.2, -0.15) is 0 Å². The summed E-state index contributed by atoms with van der Waals surface area (Å²) < 4.78 is 0. The summed E-state index contributed by atoms with van der Waals surface area (Å²) >= 11 is 0. The number of rotatable bonds is 6. The molecule has 2 atom stereocenters. The molecule has 0 saturated heterocycles. The molecule has 0 saturated carbocycles. The molecule has 1 aromatic rings. The summed E-state index contributed by atoms with van der Waals surface area (Å²) in [6.07, 6.45) is 0.626. The van der Waals surface area contributed by atoms with Gasteiger partial charge in [0, 0.05) is 5.56 Å². The van der Waals surface area contributed by atoms with E-state index in [1.165, 1.54) is 6.07 Å². The molecule has 104 valence electrons. The molecule has 0 bridgehead atoms. The number of carbonyl (C=O) groups is 2. The van der Waals surface area contributed by atoms with Gasteiger partial charge in [0.05, 0.1) is 6.42 Å². The number of benzene rings is 1. The summed E-state index contributed by atoms with van der Waals surface area (Å²) in [5.41, 5.74) is 0.480. The number of phenolic OH excluding ortho intramolecular Hbond substituents is 1. The van der Waals surface area contributed by atoms with E-state index in [1.54, 1.807) is 25.1 Å². The Hall–Kier alpha value is -2.04. The van der Waals surface area contributed by atoms with Gasteiger partial charge in [0.15, 0.2) is 0 Å². The van der Waals surface area contributed by atoms with Gasteiger partial charge in [-0.3, -0.25) is 4.79 Å². The van der Waals surface area contributed by atoms with E-state index in [0.29, 0.717) is 12.0 Å². The van der Waals surface area contributed by atoms with Gasteiger partial charge < -0.3 is 15.5 Å². The van der Waals surface area contributed by atoms with Crippen molar-refractivity contribution in [1.29, 1.82) is 0 Å². The molecule has 1 aromatic carbocycles. The molecule has 0 spiro atoms. The number of hydrogen-bond donors (Lipinski definition) is 3. The smallest absolute Gasteiger partial charge is 0.326 e. The molecular weight excluding hydrogens is 246 g/mol. The quantitative estimate of drug-likeness (QED) is 0.728. The Balaban J connectivity index is 2.68. The summed E-state index contributed by atoms with van der Waals surface area (Å²) in [6.45, 7) is 3.65. The molecule has 3 N–H and O–H groups in total. The van der Waals surface area contributed by atoms with Crippen LogP contribution in [0.2, 0.25) is 0 Å². The lowest BCUT2D eigenvalue weighted by Gasteiger charge is -2.20. The lowest BCUT2D eigenvalue weighted by molar-refractivity contribution is -0.143. The molecular formula is C14H19NO4. The minimum atomic E-state index is -1.04. The molecule has 0 aliphatic heterocycles. The minimum absolute atomic E-state index is 0.0348. The number of para-hydroxylation sites is 1. The van der Waals surface area contributed by atoms with Crippen molar-refractivity contribution in [3.8, 4) is 5.75 Å². The molecule has 1 amide bonds. The van der Waals surface area contributed by atoms with Gasteiger partial charge in [0.1, 0.15) is 11.8 Å². The molecule has 0 aliphatic rings. The van der Waals surface area contributed by atoms with Gasteiger partial charge in [-0.15, -0.1) is 0 Å². The second-order valence-corrected chi connectivity index (χ2v) is 4.57. The number of carbonyl (C=O) groups excluding carboxylic acids is 1. The number of aromatic hydroxyl groups is 1. The zero-order valence-corrected chi connectivity index (χ0v) is 11.1. The Morgan fingerprint density at radius 3 is 2.47 bits per heavy atom. The first-order valence-electron chi connectivity index (χ1n) is 6.24. The van der Waals surface area contributed by atoms with Crippen LogP contribution in [0.3, 0.4) is 0 Å². The zero-order chi connectivity index (χ0) is 14.4. The summed E-state index contributed by atoms with van der Waals surface area (Å²) in [7, 11) is 0. The van der Waals surface area contributed by atoms with Crippen LogP contribution in [0.1, 0.15) is 25.8 Å². The molecule has 0 aromatic heterocycles. The standard InChI is InChI=1S/C14H19NO4/c1-3-9(2)13(14(18)19)15-12(17)8-10-6-4-5-7-11(10)16/h4-7,9,13,16H,3,8H2,1-2H3,(H,15,17)(H,18,19). The third kappa shape index (κ3) is 4.28. The van der Waals surface area contributed by atoms with Crippen LogP contribution in [-0.2, 0) is 16.0 Å². The first kappa shape index (κ1) is 15.0. The van der Waals surface area contributed by atoms with Crippen LogP contribution in [0, 0.1) is 5.92 Å². The van der Waals surface area contributed by atoms with Crippen molar-refractivity contribution in [2.24, 2.45) is 5.92 Å². The molecule has 0 fully saturated rings. The van der Waals surface area contributed by atoms with Crippen molar-refractivity contribution >= 4 is 11.9 Å². The van der Waals surface area contributed by atoms with Crippen molar-refractivity contribution in [3.05, 3.63) is 29.8 Å². The monoisotopic (exact) mass is 265 g/mol. The fraction of sp³-hybridized carbons (Fsp3) is 0.429. The van der Waals surface area contributed by atoms with E-state index in [9.17, 15) is 14.7 Å². The van der Waals surface area contributed by atoms with Crippen LogP contribution in [0.5, 0.6) is 5.75 Å². The summed E-state index contributed by atoms with van der Waals surface area (Å²) in [6, 6.07) is 5.60. The van der Waals surface area contributed by atoms with Crippen molar-refractivity contribution in [3.63, 3.8) is 0 Å². The van der Waals surface area contributed by atoms with Crippen molar-refractivity contribution in [2.45, 2.75) is 32.7 Å². The van der Waals surface area contributed by atoms with E-state index >= 15 is 0 Å². The lowest BCUT2D eigenvalue weighted by atomic mass is 9.99. The van der Waals surface area contributed by atoms with Crippen LogP contribution in [-0.4, -0.2) is 28.1 Å². The Morgan fingerprint density at radius 2 is 1.95 bits per heavy atom. The Kier molecular flexibility index (Phi) is 5.36. The van der Waals surface area contributed by atoms with Crippen molar-refractivity contribution < 1.29 is 19.8 Å². The summed E-state index contributed by atoms with van der Waals surface area (Å²) in [4.78, 5) is 22.9. The maximum atomic E-state index is 11.8. The highest BCUT2D eigenvalue weighted by Gasteiger charge is 2.25. The van der Waals surface area contributed by atoms with E-state index in [4.69, 9.17) is 5.11 Å². The van der Waals surface area contributed by atoms with Crippen LogP contribution < -0.4 is 5.32 Å². The van der Waals surface area contributed by atoms with E-state index in [1.807, 2.05) is 6.92 Å². The van der Waals surface area contributed by atoms with Crippen molar-refractivity contribution in [1.82, 2.24) is 5.32 Å². The van der Waals surface area contributed by atoms with Gasteiger partial charge >= 0.3 is 5.97 Å². The first-order chi connectivity index (χ1) is 8.95. The molecule has 19 heavy (non-hydrogen) atoms. The second kappa shape index (κ2) is 6.78. The van der Waals surface area contributed by atoms with Gasteiger partial charge in [0.2, 0.25) is 5.91 Å². The third-order valence-corrected chi connectivity index (χ3v) is 3.14. The predicted octanol–water partition coefficient (Wildman–Crippen LogP) is 1.55. The maximum absolute atomic E-state index is 11.8. The first-order valence-corrected chi connectivity index (χ1v) is 6.24. The van der Waals surface area contributed by atoms with E-state index in [0.717, 1.165) is 0 Å². The third-order valence-electron chi connectivity index (χ3n) is 3.14. The number of aliphatic carboxylic acids is 1. The fourth-order valence-corrected chi connectivity index (χ4v) is 1.74. The van der Waals surface area contributed by atoms with Gasteiger partial charge in [-0.05, 0) is 12.0 Å². The summed E-state index contributed by atoms with van der Waals surface area (Å²) in [5.74, 6) is -1.56. The number of carboxylic acids is 1. The number of amides is 1. The van der Waals surface area contributed by atoms with Gasteiger partial charge in [-0.25, -0.2) is 4.79 Å². The summed E-state index contributed by atoms with van der Waals surface area (Å²) in [5, 5.41) is 21.1. The fourth-order valence-electron chi connectivity index (χ4n) is 1.74. The topological polar surface area (TPSA) is 86.6 Å². The molecule has 5 nitrogen and oxygen atoms in total. The van der Waals surface area contributed by atoms with E-state index in [2.05, 4.69) is 5.32 Å². The highest BCUT2D eigenvalue weighted by atomic mass is 16.4. The van der Waals surface area contributed by atoms with Gasteiger partial charge in [0.25, 0.3) is 0 Å². The van der Waals surface area contributed by atoms with Crippen LogP contribution in [0.15, 0.2) is 24.3 Å². The Labute approximate surface area is 112 Å². The zero-order valence-electron chi connectivity index (χ0n) is 11.1. The SMILES string of the molecule is CCC(C)C(NC(=O)Cc1ccccc1O)C(=O)O. The maximum Gasteiger partial charge on any atom is 0.326 e. The number of carboxylic acid groups (broad SMARTS) is 1.